The fraction of sp³-hybridized carbons (Fsp3) is 0.421. The molecule has 140 valence electrons. The number of amides is 1. The molecule has 26 heavy (non-hydrogen) atoms. The van der Waals surface area contributed by atoms with Crippen molar-refractivity contribution in [3.05, 3.63) is 42.5 Å². The smallest absolute Gasteiger partial charge is 0.241 e. The van der Waals surface area contributed by atoms with Crippen molar-refractivity contribution in [3.63, 3.8) is 0 Å². The Bertz CT molecular complexity index is 890. The molecule has 2 aromatic rings. The lowest BCUT2D eigenvalue weighted by Gasteiger charge is -2.35. The first-order valence-electron chi connectivity index (χ1n) is 8.93. The van der Waals surface area contributed by atoms with E-state index in [1.165, 1.54) is 0 Å². The van der Waals surface area contributed by atoms with E-state index in [0.29, 0.717) is 13.1 Å². The lowest BCUT2D eigenvalue weighted by atomic mass is 10.1. The van der Waals surface area contributed by atoms with Crippen molar-refractivity contribution in [2.24, 2.45) is 0 Å². The zero-order chi connectivity index (χ0) is 18.7. The number of nitrogens with zero attached hydrogens (tertiary/aromatic N) is 2. The summed E-state index contributed by atoms with van der Waals surface area (Å²) in [4.78, 5) is 16.8. The Morgan fingerprint density at radius 2 is 1.73 bits per heavy atom. The first kappa shape index (κ1) is 18.8. The SMILES string of the molecule is CCN1CCN(C(=O)[C@@H](C)NS(=O)(=O)c2ccc3ccccc3c2)CC1. The summed E-state index contributed by atoms with van der Waals surface area (Å²) in [5.41, 5.74) is 0. The summed E-state index contributed by atoms with van der Waals surface area (Å²) in [6.45, 7) is 7.58. The number of likely N-dealkylation sites (N-methyl/N-ethyl adjacent to an activating group) is 1. The van der Waals surface area contributed by atoms with Gasteiger partial charge in [0.15, 0.2) is 0 Å². The summed E-state index contributed by atoms with van der Waals surface area (Å²) >= 11 is 0. The lowest BCUT2D eigenvalue weighted by Crippen LogP contribution is -2.54. The molecule has 0 radical (unpaired) electrons. The van der Waals surface area contributed by atoms with Crippen LogP contribution in [0.1, 0.15) is 13.8 Å². The Labute approximate surface area is 154 Å². The van der Waals surface area contributed by atoms with Gasteiger partial charge in [0.25, 0.3) is 0 Å². The molecular formula is C19H25N3O3S. The number of carbonyl (C=O) groups is 1. The van der Waals surface area contributed by atoms with Crippen molar-refractivity contribution in [3.8, 4) is 0 Å². The zero-order valence-electron chi connectivity index (χ0n) is 15.2. The van der Waals surface area contributed by atoms with Crippen LogP contribution in [0.4, 0.5) is 0 Å². The van der Waals surface area contributed by atoms with Crippen LogP contribution < -0.4 is 4.72 Å². The Balaban J connectivity index is 1.70. The number of sulfonamides is 1. The number of fused-ring (bicyclic) bond motifs is 1. The van der Waals surface area contributed by atoms with Gasteiger partial charge in [0.2, 0.25) is 15.9 Å². The largest absolute Gasteiger partial charge is 0.339 e. The fourth-order valence-corrected chi connectivity index (χ4v) is 4.48. The number of carbonyl (C=O) groups excluding carboxylic acids is 1. The van der Waals surface area contributed by atoms with Gasteiger partial charge in [-0.05, 0) is 36.4 Å². The molecule has 6 nitrogen and oxygen atoms in total. The van der Waals surface area contributed by atoms with Crippen molar-refractivity contribution in [2.45, 2.75) is 24.8 Å². The van der Waals surface area contributed by atoms with Crippen LogP contribution in [0.5, 0.6) is 0 Å². The highest BCUT2D eigenvalue weighted by Gasteiger charge is 2.28. The van der Waals surface area contributed by atoms with Crippen LogP contribution in [-0.4, -0.2) is 62.9 Å². The van der Waals surface area contributed by atoms with E-state index in [-0.39, 0.29) is 10.8 Å². The van der Waals surface area contributed by atoms with Crippen LogP contribution in [0.25, 0.3) is 10.8 Å². The molecule has 1 atom stereocenters. The molecule has 1 aliphatic rings. The molecule has 0 spiro atoms. The minimum Gasteiger partial charge on any atom is -0.339 e. The predicted molar refractivity (Wildman–Crippen MR) is 102 cm³/mol. The third kappa shape index (κ3) is 4.06. The minimum absolute atomic E-state index is 0.173. The van der Waals surface area contributed by atoms with Gasteiger partial charge in [0, 0.05) is 26.2 Å². The number of nitrogens with one attached hydrogen (secondary N) is 1. The molecule has 0 aliphatic carbocycles. The van der Waals surface area contributed by atoms with Gasteiger partial charge < -0.3 is 9.80 Å². The molecule has 1 heterocycles. The number of rotatable bonds is 5. The second-order valence-corrected chi connectivity index (χ2v) is 8.33. The van der Waals surface area contributed by atoms with Gasteiger partial charge in [-0.3, -0.25) is 4.79 Å². The summed E-state index contributed by atoms with van der Waals surface area (Å²) < 4.78 is 27.9. The van der Waals surface area contributed by atoms with E-state index in [4.69, 9.17) is 0 Å². The van der Waals surface area contributed by atoms with Gasteiger partial charge in [-0.2, -0.15) is 4.72 Å². The zero-order valence-corrected chi connectivity index (χ0v) is 16.0. The second-order valence-electron chi connectivity index (χ2n) is 6.61. The van der Waals surface area contributed by atoms with E-state index in [1.54, 1.807) is 30.0 Å². The maximum Gasteiger partial charge on any atom is 0.241 e. The summed E-state index contributed by atoms with van der Waals surface area (Å²) in [5.74, 6) is -0.176. The quantitative estimate of drug-likeness (QED) is 0.863. The van der Waals surface area contributed by atoms with Gasteiger partial charge >= 0.3 is 0 Å². The van der Waals surface area contributed by atoms with E-state index >= 15 is 0 Å². The minimum atomic E-state index is -3.76. The molecule has 1 saturated heterocycles. The van der Waals surface area contributed by atoms with Crippen molar-refractivity contribution >= 4 is 26.7 Å². The Hall–Kier alpha value is -1.96. The molecule has 1 fully saturated rings. The molecule has 1 aliphatic heterocycles. The monoisotopic (exact) mass is 375 g/mol. The van der Waals surface area contributed by atoms with Crippen molar-refractivity contribution < 1.29 is 13.2 Å². The number of hydrogen-bond acceptors (Lipinski definition) is 4. The van der Waals surface area contributed by atoms with Crippen LogP contribution in [0, 0.1) is 0 Å². The number of benzene rings is 2. The maximum atomic E-state index is 12.7. The van der Waals surface area contributed by atoms with E-state index in [2.05, 4.69) is 16.5 Å². The molecule has 1 N–H and O–H groups in total. The summed E-state index contributed by atoms with van der Waals surface area (Å²) in [6, 6.07) is 11.8. The summed E-state index contributed by atoms with van der Waals surface area (Å²) in [6.07, 6.45) is 0. The van der Waals surface area contributed by atoms with Gasteiger partial charge in [0.1, 0.15) is 0 Å². The van der Waals surface area contributed by atoms with E-state index < -0.39 is 16.1 Å². The average Bonchev–Trinajstić information content (AvgIpc) is 2.66. The molecular weight excluding hydrogens is 350 g/mol. The second kappa shape index (κ2) is 7.73. The van der Waals surface area contributed by atoms with Gasteiger partial charge in [-0.25, -0.2) is 8.42 Å². The molecule has 0 aromatic heterocycles. The third-order valence-corrected chi connectivity index (χ3v) is 6.40. The fourth-order valence-electron chi connectivity index (χ4n) is 3.24. The van der Waals surface area contributed by atoms with E-state index in [1.807, 2.05) is 24.3 Å². The van der Waals surface area contributed by atoms with Gasteiger partial charge in [0.05, 0.1) is 10.9 Å². The Morgan fingerprint density at radius 1 is 1.08 bits per heavy atom. The third-order valence-electron chi connectivity index (χ3n) is 4.86. The van der Waals surface area contributed by atoms with Crippen LogP contribution >= 0.6 is 0 Å². The standard InChI is InChI=1S/C19H25N3O3S/c1-3-21-10-12-22(13-11-21)19(23)15(2)20-26(24,25)18-9-8-16-6-4-5-7-17(16)14-18/h4-9,14-15,20H,3,10-13H2,1-2H3/t15-/m1/s1. The Morgan fingerprint density at radius 3 is 2.38 bits per heavy atom. The molecule has 0 unspecified atom stereocenters. The molecule has 7 heteroatoms. The average molecular weight is 375 g/mol. The van der Waals surface area contributed by atoms with Crippen molar-refractivity contribution in [1.29, 1.82) is 0 Å². The van der Waals surface area contributed by atoms with Crippen molar-refractivity contribution in [1.82, 2.24) is 14.5 Å². The van der Waals surface area contributed by atoms with Crippen LogP contribution in [0.3, 0.4) is 0 Å². The summed E-state index contributed by atoms with van der Waals surface area (Å²) in [7, 11) is -3.76. The lowest BCUT2D eigenvalue weighted by molar-refractivity contribution is -0.134. The molecule has 1 amide bonds. The molecule has 2 aromatic carbocycles. The van der Waals surface area contributed by atoms with E-state index in [0.717, 1.165) is 30.4 Å². The Kier molecular flexibility index (Phi) is 5.60. The highest BCUT2D eigenvalue weighted by molar-refractivity contribution is 7.89. The van der Waals surface area contributed by atoms with Crippen molar-refractivity contribution in [2.75, 3.05) is 32.7 Å². The highest BCUT2D eigenvalue weighted by Crippen LogP contribution is 2.19. The van der Waals surface area contributed by atoms with Gasteiger partial charge in [-0.1, -0.05) is 37.3 Å². The number of hydrogen-bond donors (Lipinski definition) is 1. The van der Waals surface area contributed by atoms with Crippen LogP contribution in [0.2, 0.25) is 0 Å². The normalized spacial score (nSPS) is 17.4. The van der Waals surface area contributed by atoms with Gasteiger partial charge in [-0.15, -0.1) is 0 Å². The van der Waals surface area contributed by atoms with E-state index in [9.17, 15) is 13.2 Å². The predicted octanol–water partition coefficient (Wildman–Crippen LogP) is 1.67. The van der Waals surface area contributed by atoms with Crippen LogP contribution in [0.15, 0.2) is 47.4 Å². The highest BCUT2D eigenvalue weighted by atomic mass is 32.2. The topological polar surface area (TPSA) is 69.7 Å². The summed E-state index contributed by atoms with van der Waals surface area (Å²) in [5, 5.41) is 1.83. The van der Waals surface area contributed by atoms with Crippen LogP contribution in [-0.2, 0) is 14.8 Å². The number of piperazine rings is 1. The first-order chi connectivity index (χ1) is 12.4. The molecule has 0 saturated carbocycles. The molecule has 3 rings (SSSR count). The first-order valence-corrected chi connectivity index (χ1v) is 10.4. The molecule has 0 bridgehead atoms. The maximum absolute atomic E-state index is 12.7.